The van der Waals surface area contributed by atoms with Gasteiger partial charge in [0.1, 0.15) is 0 Å². The van der Waals surface area contributed by atoms with Gasteiger partial charge in [0.25, 0.3) is 0 Å². The molecule has 0 radical (unpaired) electrons. The second kappa shape index (κ2) is 5.52. The summed E-state index contributed by atoms with van der Waals surface area (Å²) in [5.41, 5.74) is 0.0764. The van der Waals surface area contributed by atoms with Gasteiger partial charge in [-0.15, -0.1) is 0 Å². The van der Waals surface area contributed by atoms with Gasteiger partial charge in [0.05, 0.1) is 11.8 Å². The SMILES string of the molecule is CCC(C)(C)CNC(=O)[C@@H]1CCC[C@@H]1C(=O)O. The molecule has 0 aromatic carbocycles. The molecule has 4 heteroatoms. The second-order valence-corrected chi connectivity index (χ2v) is 5.72. The number of hydrogen-bond donors (Lipinski definition) is 2. The Bertz CT molecular complexity index is 299. The smallest absolute Gasteiger partial charge is 0.307 e. The van der Waals surface area contributed by atoms with Crippen molar-refractivity contribution in [3.63, 3.8) is 0 Å². The maximum Gasteiger partial charge on any atom is 0.307 e. The highest BCUT2D eigenvalue weighted by molar-refractivity contribution is 5.85. The Morgan fingerprint density at radius 2 is 1.88 bits per heavy atom. The first-order valence-electron chi connectivity index (χ1n) is 6.38. The van der Waals surface area contributed by atoms with Gasteiger partial charge >= 0.3 is 5.97 Å². The first-order valence-corrected chi connectivity index (χ1v) is 6.38. The largest absolute Gasteiger partial charge is 0.481 e. The Hall–Kier alpha value is -1.06. The fourth-order valence-electron chi connectivity index (χ4n) is 2.15. The summed E-state index contributed by atoms with van der Waals surface area (Å²) in [6.07, 6.45) is 3.16. The third-order valence-electron chi connectivity index (χ3n) is 3.87. The van der Waals surface area contributed by atoms with Crippen LogP contribution in [0.5, 0.6) is 0 Å². The normalized spacial score (nSPS) is 24.6. The third kappa shape index (κ3) is 3.72. The van der Waals surface area contributed by atoms with E-state index in [0.29, 0.717) is 19.4 Å². The molecule has 17 heavy (non-hydrogen) atoms. The lowest BCUT2D eigenvalue weighted by Crippen LogP contribution is -2.39. The van der Waals surface area contributed by atoms with E-state index in [1.165, 1.54) is 0 Å². The number of hydrogen-bond acceptors (Lipinski definition) is 2. The summed E-state index contributed by atoms with van der Waals surface area (Å²) in [7, 11) is 0. The number of nitrogens with one attached hydrogen (secondary N) is 1. The average molecular weight is 241 g/mol. The lowest BCUT2D eigenvalue weighted by molar-refractivity contribution is -0.146. The average Bonchev–Trinajstić information content (AvgIpc) is 2.75. The van der Waals surface area contributed by atoms with Crippen molar-refractivity contribution in [3.05, 3.63) is 0 Å². The molecule has 1 fully saturated rings. The molecule has 1 amide bonds. The fourth-order valence-corrected chi connectivity index (χ4v) is 2.15. The van der Waals surface area contributed by atoms with E-state index in [2.05, 4.69) is 26.1 Å². The highest BCUT2D eigenvalue weighted by Crippen LogP contribution is 2.32. The van der Waals surface area contributed by atoms with Crippen molar-refractivity contribution in [2.24, 2.45) is 17.3 Å². The van der Waals surface area contributed by atoms with Crippen LogP contribution < -0.4 is 5.32 Å². The zero-order valence-corrected chi connectivity index (χ0v) is 11.0. The molecule has 0 saturated heterocycles. The van der Waals surface area contributed by atoms with Crippen LogP contribution in [0.15, 0.2) is 0 Å². The number of rotatable bonds is 5. The number of carboxylic acids is 1. The van der Waals surface area contributed by atoms with Crippen LogP contribution in [0.3, 0.4) is 0 Å². The minimum Gasteiger partial charge on any atom is -0.481 e. The first-order chi connectivity index (χ1) is 7.87. The quantitative estimate of drug-likeness (QED) is 0.774. The van der Waals surface area contributed by atoms with E-state index in [9.17, 15) is 9.59 Å². The van der Waals surface area contributed by atoms with E-state index in [0.717, 1.165) is 12.8 Å². The summed E-state index contributed by atoms with van der Waals surface area (Å²) in [4.78, 5) is 22.9. The molecule has 1 aliphatic carbocycles. The number of carbonyl (C=O) groups excluding carboxylic acids is 1. The molecule has 0 aliphatic heterocycles. The molecule has 0 aromatic rings. The standard InChI is InChI=1S/C13H23NO3/c1-4-13(2,3)8-14-11(15)9-6-5-7-10(9)12(16)17/h9-10H,4-8H2,1-3H3,(H,14,15)(H,16,17)/t9-,10+/m1/s1. The minimum atomic E-state index is -0.836. The Morgan fingerprint density at radius 3 is 2.41 bits per heavy atom. The van der Waals surface area contributed by atoms with Crippen molar-refractivity contribution >= 4 is 11.9 Å². The van der Waals surface area contributed by atoms with Crippen molar-refractivity contribution in [1.82, 2.24) is 5.32 Å². The van der Waals surface area contributed by atoms with Crippen LogP contribution >= 0.6 is 0 Å². The lowest BCUT2D eigenvalue weighted by Gasteiger charge is -2.24. The number of carboxylic acid groups (broad SMARTS) is 1. The van der Waals surface area contributed by atoms with Gasteiger partial charge in [0.15, 0.2) is 0 Å². The van der Waals surface area contributed by atoms with Crippen LogP contribution in [0.4, 0.5) is 0 Å². The zero-order chi connectivity index (χ0) is 13.1. The van der Waals surface area contributed by atoms with Gasteiger partial charge in [0, 0.05) is 6.54 Å². The van der Waals surface area contributed by atoms with Gasteiger partial charge in [-0.1, -0.05) is 27.2 Å². The van der Waals surface area contributed by atoms with E-state index >= 15 is 0 Å². The van der Waals surface area contributed by atoms with Gasteiger partial charge < -0.3 is 10.4 Å². The predicted molar refractivity (Wildman–Crippen MR) is 65.5 cm³/mol. The van der Waals surface area contributed by atoms with Crippen LogP contribution in [0.2, 0.25) is 0 Å². The molecule has 98 valence electrons. The molecule has 2 atom stereocenters. The van der Waals surface area contributed by atoms with Crippen LogP contribution in [0.1, 0.15) is 46.5 Å². The molecule has 1 aliphatic rings. The molecule has 1 saturated carbocycles. The Kier molecular flexibility index (Phi) is 4.54. The topological polar surface area (TPSA) is 66.4 Å². The van der Waals surface area contributed by atoms with Crippen molar-refractivity contribution in [2.75, 3.05) is 6.54 Å². The third-order valence-corrected chi connectivity index (χ3v) is 3.87. The van der Waals surface area contributed by atoms with E-state index in [1.54, 1.807) is 0 Å². The van der Waals surface area contributed by atoms with Crippen molar-refractivity contribution in [1.29, 1.82) is 0 Å². The predicted octanol–water partition coefficient (Wildman–Crippen LogP) is 2.04. The molecule has 0 unspecified atom stereocenters. The molecule has 0 aromatic heterocycles. The summed E-state index contributed by atoms with van der Waals surface area (Å²) in [5.74, 6) is -1.74. The minimum absolute atomic E-state index is 0.0764. The van der Waals surface area contributed by atoms with Crippen LogP contribution in [0.25, 0.3) is 0 Å². The van der Waals surface area contributed by atoms with E-state index in [4.69, 9.17) is 5.11 Å². The Balaban J connectivity index is 2.50. The number of carbonyl (C=O) groups is 2. The van der Waals surface area contributed by atoms with E-state index < -0.39 is 11.9 Å². The summed E-state index contributed by atoms with van der Waals surface area (Å²) >= 11 is 0. The Morgan fingerprint density at radius 1 is 1.29 bits per heavy atom. The number of amides is 1. The lowest BCUT2D eigenvalue weighted by atomic mass is 9.89. The summed E-state index contributed by atoms with van der Waals surface area (Å²) in [6.45, 7) is 6.89. The molecule has 0 bridgehead atoms. The highest BCUT2D eigenvalue weighted by atomic mass is 16.4. The van der Waals surface area contributed by atoms with Gasteiger partial charge in [-0.3, -0.25) is 9.59 Å². The van der Waals surface area contributed by atoms with Gasteiger partial charge in [0.2, 0.25) is 5.91 Å². The van der Waals surface area contributed by atoms with E-state index in [-0.39, 0.29) is 17.2 Å². The molecule has 1 rings (SSSR count). The molecule has 4 nitrogen and oxygen atoms in total. The van der Waals surface area contributed by atoms with Gasteiger partial charge in [-0.25, -0.2) is 0 Å². The van der Waals surface area contributed by atoms with Crippen molar-refractivity contribution in [2.45, 2.75) is 46.5 Å². The molecular formula is C13H23NO3. The monoisotopic (exact) mass is 241 g/mol. The second-order valence-electron chi connectivity index (χ2n) is 5.72. The van der Waals surface area contributed by atoms with Crippen LogP contribution in [-0.4, -0.2) is 23.5 Å². The highest BCUT2D eigenvalue weighted by Gasteiger charge is 2.37. The van der Waals surface area contributed by atoms with Crippen molar-refractivity contribution in [3.8, 4) is 0 Å². The van der Waals surface area contributed by atoms with Crippen LogP contribution in [0, 0.1) is 17.3 Å². The molecule has 0 heterocycles. The van der Waals surface area contributed by atoms with E-state index in [1.807, 2.05) is 0 Å². The molecule has 2 N–H and O–H groups in total. The fraction of sp³-hybridized carbons (Fsp3) is 0.846. The maximum atomic E-state index is 11.9. The summed E-state index contributed by atoms with van der Waals surface area (Å²) in [6, 6.07) is 0. The van der Waals surface area contributed by atoms with Crippen molar-refractivity contribution < 1.29 is 14.7 Å². The van der Waals surface area contributed by atoms with Gasteiger partial charge in [-0.05, 0) is 24.7 Å². The molecular weight excluding hydrogens is 218 g/mol. The molecule has 0 spiro atoms. The van der Waals surface area contributed by atoms with Crippen LogP contribution in [-0.2, 0) is 9.59 Å². The maximum absolute atomic E-state index is 11.9. The first kappa shape index (κ1) is 14.0. The summed E-state index contributed by atoms with van der Waals surface area (Å²) in [5, 5.41) is 11.9. The summed E-state index contributed by atoms with van der Waals surface area (Å²) < 4.78 is 0. The Labute approximate surface area is 103 Å². The number of aliphatic carboxylic acids is 1. The zero-order valence-electron chi connectivity index (χ0n) is 11.0. The van der Waals surface area contributed by atoms with Gasteiger partial charge in [-0.2, -0.15) is 0 Å².